The van der Waals surface area contributed by atoms with Crippen molar-refractivity contribution in [3.63, 3.8) is 0 Å². The van der Waals surface area contributed by atoms with Crippen LogP contribution < -0.4 is 5.32 Å². The number of halogens is 2. The molecule has 3 nitrogen and oxygen atoms in total. The summed E-state index contributed by atoms with van der Waals surface area (Å²) in [5.74, 6) is -2.77. The second-order valence-corrected chi connectivity index (χ2v) is 4.93. The quantitative estimate of drug-likeness (QED) is 0.877. The van der Waals surface area contributed by atoms with Crippen LogP contribution in [0.4, 0.5) is 14.5 Å². The van der Waals surface area contributed by atoms with Crippen molar-refractivity contribution in [1.82, 2.24) is 0 Å². The number of thioether (sulfide) groups is 1. The minimum absolute atomic E-state index is 0.303. The van der Waals surface area contributed by atoms with Crippen LogP contribution in [-0.2, 0) is 0 Å². The Morgan fingerprint density at radius 1 is 1.24 bits per heavy atom. The van der Waals surface area contributed by atoms with Crippen LogP contribution in [0.3, 0.4) is 0 Å². The summed E-state index contributed by atoms with van der Waals surface area (Å²) < 4.78 is 27.0. The molecule has 0 unspecified atom stereocenters. The average Bonchev–Trinajstić information content (AvgIpc) is 2.46. The van der Waals surface area contributed by atoms with Crippen LogP contribution in [0.5, 0.6) is 0 Å². The third-order valence-electron chi connectivity index (χ3n) is 2.77. The van der Waals surface area contributed by atoms with Gasteiger partial charge in [0.25, 0.3) is 5.91 Å². The molecular weight excluding hydrogens is 294 g/mol. The Labute approximate surface area is 124 Å². The van der Waals surface area contributed by atoms with E-state index in [1.807, 2.05) is 12.3 Å². The van der Waals surface area contributed by atoms with Crippen molar-refractivity contribution < 1.29 is 13.6 Å². The molecular formula is C15H10F2N2OS. The summed E-state index contributed by atoms with van der Waals surface area (Å²) in [6, 6.07) is 9.90. The number of carbonyl (C=O) groups excluding carboxylic acids is 1. The highest BCUT2D eigenvalue weighted by Crippen LogP contribution is 2.24. The van der Waals surface area contributed by atoms with Crippen molar-refractivity contribution >= 4 is 23.4 Å². The third kappa shape index (κ3) is 3.20. The van der Waals surface area contributed by atoms with Gasteiger partial charge in [-0.1, -0.05) is 6.07 Å². The van der Waals surface area contributed by atoms with Crippen molar-refractivity contribution in [3.05, 3.63) is 59.2 Å². The van der Waals surface area contributed by atoms with E-state index in [9.17, 15) is 13.6 Å². The van der Waals surface area contributed by atoms with Crippen molar-refractivity contribution in [1.29, 1.82) is 5.26 Å². The van der Waals surface area contributed by atoms with Crippen LogP contribution in [0.1, 0.15) is 15.9 Å². The number of anilines is 1. The molecule has 2 aromatic carbocycles. The first-order valence-electron chi connectivity index (χ1n) is 5.90. The smallest absolute Gasteiger partial charge is 0.261 e. The number of carbonyl (C=O) groups is 1. The molecule has 0 aliphatic rings. The standard InChI is InChI=1S/C15H10F2N2OS/c1-21-13-6-5-10(7-9(13)8-18)19-15(20)14-11(16)3-2-4-12(14)17/h2-7H,1H3,(H,19,20). The molecule has 0 fully saturated rings. The first kappa shape index (κ1) is 15.0. The topological polar surface area (TPSA) is 52.9 Å². The van der Waals surface area contributed by atoms with Crippen LogP contribution >= 0.6 is 11.8 Å². The Balaban J connectivity index is 2.30. The highest BCUT2D eigenvalue weighted by atomic mass is 32.2. The van der Waals surface area contributed by atoms with Crippen LogP contribution in [0.2, 0.25) is 0 Å². The number of benzene rings is 2. The van der Waals surface area contributed by atoms with Gasteiger partial charge in [-0.3, -0.25) is 4.79 Å². The Morgan fingerprint density at radius 3 is 2.48 bits per heavy atom. The molecule has 0 atom stereocenters. The molecule has 0 heterocycles. The van der Waals surface area contributed by atoms with Gasteiger partial charge < -0.3 is 5.32 Å². The summed E-state index contributed by atoms with van der Waals surface area (Å²) in [5.41, 5.74) is 0.0382. The van der Waals surface area contributed by atoms with Crippen LogP contribution in [0.15, 0.2) is 41.3 Å². The van der Waals surface area contributed by atoms with Gasteiger partial charge in [-0.25, -0.2) is 8.78 Å². The fourth-order valence-electron chi connectivity index (χ4n) is 1.78. The molecule has 2 aromatic rings. The zero-order chi connectivity index (χ0) is 15.4. The summed E-state index contributed by atoms with van der Waals surface area (Å²) in [4.78, 5) is 12.7. The van der Waals surface area contributed by atoms with Crippen LogP contribution in [0, 0.1) is 23.0 Å². The predicted octanol–water partition coefficient (Wildman–Crippen LogP) is 3.81. The summed E-state index contributed by atoms with van der Waals surface area (Å²) in [5, 5.41) is 11.4. The minimum Gasteiger partial charge on any atom is -0.322 e. The molecule has 2 rings (SSSR count). The van der Waals surface area contributed by atoms with Gasteiger partial charge in [-0.2, -0.15) is 5.26 Å². The van der Waals surface area contributed by atoms with Crippen molar-refractivity contribution in [2.75, 3.05) is 11.6 Å². The summed E-state index contributed by atoms with van der Waals surface area (Å²) in [7, 11) is 0. The first-order valence-corrected chi connectivity index (χ1v) is 7.12. The number of nitrogens with one attached hydrogen (secondary N) is 1. The van der Waals surface area contributed by atoms with Crippen molar-refractivity contribution in [2.24, 2.45) is 0 Å². The zero-order valence-corrected chi connectivity index (χ0v) is 11.8. The molecule has 0 saturated heterocycles. The maximum absolute atomic E-state index is 13.5. The van der Waals surface area contributed by atoms with Crippen LogP contribution in [-0.4, -0.2) is 12.2 Å². The van der Waals surface area contributed by atoms with Gasteiger partial charge in [0.15, 0.2) is 0 Å². The van der Waals surface area contributed by atoms with Gasteiger partial charge in [0.05, 0.1) is 5.56 Å². The number of rotatable bonds is 3. The Bertz CT molecular complexity index is 721. The van der Waals surface area contributed by atoms with Gasteiger partial charge >= 0.3 is 0 Å². The Hall–Kier alpha value is -2.39. The molecule has 1 N–H and O–H groups in total. The monoisotopic (exact) mass is 304 g/mol. The lowest BCUT2D eigenvalue weighted by molar-refractivity contribution is 0.101. The zero-order valence-electron chi connectivity index (χ0n) is 11.0. The molecule has 6 heteroatoms. The minimum atomic E-state index is -0.936. The van der Waals surface area contributed by atoms with Crippen molar-refractivity contribution in [3.8, 4) is 6.07 Å². The van der Waals surface area contributed by atoms with E-state index >= 15 is 0 Å². The van der Waals surface area contributed by atoms with E-state index in [1.54, 1.807) is 12.1 Å². The molecule has 21 heavy (non-hydrogen) atoms. The molecule has 0 aliphatic heterocycles. The third-order valence-corrected chi connectivity index (χ3v) is 3.56. The van der Waals surface area contributed by atoms with Gasteiger partial charge in [-0.15, -0.1) is 11.8 Å². The number of nitrogens with zero attached hydrogens (tertiary/aromatic N) is 1. The number of nitriles is 1. The maximum atomic E-state index is 13.5. The molecule has 0 radical (unpaired) electrons. The van der Waals surface area contributed by atoms with Gasteiger partial charge in [0, 0.05) is 10.6 Å². The predicted molar refractivity (Wildman–Crippen MR) is 77.2 cm³/mol. The molecule has 0 saturated carbocycles. The van der Waals surface area contributed by atoms with E-state index < -0.39 is 23.1 Å². The van der Waals surface area contributed by atoms with E-state index in [0.29, 0.717) is 11.3 Å². The Kier molecular flexibility index (Phi) is 4.55. The fraction of sp³-hybridized carbons (Fsp3) is 0.0667. The van der Waals surface area contributed by atoms with E-state index in [1.165, 1.54) is 23.9 Å². The van der Waals surface area contributed by atoms with Crippen LogP contribution in [0.25, 0.3) is 0 Å². The van der Waals surface area contributed by atoms with Gasteiger partial charge in [-0.05, 0) is 36.6 Å². The maximum Gasteiger partial charge on any atom is 0.261 e. The van der Waals surface area contributed by atoms with Gasteiger partial charge in [0.1, 0.15) is 23.3 Å². The number of hydrogen-bond acceptors (Lipinski definition) is 3. The Morgan fingerprint density at radius 2 is 1.90 bits per heavy atom. The van der Waals surface area contributed by atoms with E-state index in [-0.39, 0.29) is 0 Å². The second kappa shape index (κ2) is 6.37. The lowest BCUT2D eigenvalue weighted by Gasteiger charge is -2.08. The number of amides is 1. The molecule has 0 bridgehead atoms. The van der Waals surface area contributed by atoms with E-state index in [0.717, 1.165) is 17.0 Å². The molecule has 0 aliphatic carbocycles. The van der Waals surface area contributed by atoms with E-state index in [4.69, 9.17) is 5.26 Å². The summed E-state index contributed by atoms with van der Waals surface area (Å²) >= 11 is 1.39. The summed E-state index contributed by atoms with van der Waals surface area (Å²) in [6.07, 6.45) is 1.82. The first-order chi connectivity index (χ1) is 10.1. The largest absolute Gasteiger partial charge is 0.322 e. The van der Waals surface area contributed by atoms with Gasteiger partial charge in [0.2, 0.25) is 0 Å². The molecule has 106 valence electrons. The second-order valence-electron chi connectivity index (χ2n) is 4.08. The lowest BCUT2D eigenvalue weighted by Crippen LogP contribution is -2.15. The van der Waals surface area contributed by atoms with Crippen molar-refractivity contribution in [2.45, 2.75) is 4.90 Å². The highest BCUT2D eigenvalue weighted by molar-refractivity contribution is 7.98. The SMILES string of the molecule is CSc1ccc(NC(=O)c2c(F)cccc2F)cc1C#N. The highest BCUT2D eigenvalue weighted by Gasteiger charge is 2.17. The molecule has 0 aromatic heterocycles. The fourth-order valence-corrected chi connectivity index (χ4v) is 2.31. The molecule has 1 amide bonds. The average molecular weight is 304 g/mol. The summed E-state index contributed by atoms with van der Waals surface area (Å²) in [6.45, 7) is 0. The molecule has 0 spiro atoms. The lowest BCUT2D eigenvalue weighted by atomic mass is 10.1. The normalized spacial score (nSPS) is 10.0. The van der Waals surface area contributed by atoms with E-state index in [2.05, 4.69) is 5.32 Å². The number of hydrogen-bond donors (Lipinski definition) is 1.